The highest BCUT2D eigenvalue weighted by Gasteiger charge is 2.14. The molecule has 0 saturated heterocycles. The molecule has 0 fully saturated rings. The lowest BCUT2D eigenvalue weighted by Crippen LogP contribution is -2.23. The molecule has 0 spiro atoms. The minimum absolute atomic E-state index is 0.225. The molecule has 0 radical (unpaired) electrons. The molecule has 100 valence electrons. The molecule has 1 heterocycles. The molecule has 0 aliphatic heterocycles. The molecule has 0 bridgehead atoms. The smallest absolute Gasteiger partial charge is 0.250 e. The molecular weight excluding hydrogens is 268 g/mol. The van der Waals surface area contributed by atoms with Gasteiger partial charge in [0.1, 0.15) is 12.2 Å². The summed E-state index contributed by atoms with van der Waals surface area (Å²) in [5, 5.41) is 26.3. The summed E-state index contributed by atoms with van der Waals surface area (Å²) in [6.07, 6.45) is 5.45. The molecule has 8 heteroatoms. The summed E-state index contributed by atoms with van der Waals surface area (Å²) in [4.78, 5) is 15.3. The van der Waals surface area contributed by atoms with E-state index < -0.39 is 18.1 Å². The molecule has 1 aromatic heterocycles. The number of aliphatic hydroxyl groups is 2. The van der Waals surface area contributed by atoms with Crippen molar-refractivity contribution in [3.63, 3.8) is 0 Å². The van der Waals surface area contributed by atoms with Crippen LogP contribution in [0.3, 0.4) is 0 Å². The maximum Gasteiger partial charge on any atom is 0.250 e. The van der Waals surface area contributed by atoms with Crippen LogP contribution < -0.4 is 5.32 Å². The lowest BCUT2D eigenvalue weighted by Gasteiger charge is -2.15. The van der Waals surface area contributed by atoms with Crippen molar-refractivity contribution in [3.05, 3.63) is 40.7 Å². The number of aliphatic hydroxyl groups excluding tert-OH is 2. The highest BCUT2D eigenvalue weighted by atomic mass is 32.1. The summed E-state index contributed by atoms with van der Waals surface area (Å²) in [7, 11) is 0. The molecule has 1 aromatic rings. The summed E-state index contributed by atoms with van der Waals surface area (Å²) in [5.74, 6) is -0.170. The molecule has 2 rings (SSSR count). The van der Waals surface area contributed by atoms with Crippen LogP contribution in [0.2, 0.25) is 0 Å². The fourth-order valence-electron chi connectivity index (χ4n) is 1.45. The summed E-state index contributed by atoms with van der Waals surface area (Å²) in [5.41, 5.74) is 0.628. The molecule has 7 nitrogen and oxygen atoms in total. The Morgan fingerprint density at radius 1 is 1.42 bits per heavy atom. The Balaban J connectivity index is 1.96. The lowest BCUT2D eigenvalue weighted by molar-refractivity contribution is -0.111. The van der Waals surface area contributed by atoms with Crippen LogP contribution in [0.15, 0.2) is 36.0 Å². The standard InChI is InChI=1S/C11H12N4O3S/c16-7-3-1-6(5-8(7)17)2-4-9(18)12-10-13-11(19)15-14-10/h1-5,7-8,16-17H,(H3,12,13,14,15,18,19)/b4-2+. The van der Waals surface area contributed by atoms with Crippen molar-refractivity contribution < 1.29 is 15.0 Å². The highest BCUT2D eigenvalue weighted by Crippen LogP contribution is 2.12. The number of aromatic nitrogens is 3. The molecule has 5 N–H and O–H groups in total. The van der Waals surface area contributed by atoms with E-state index in [1.165, 1.54) is 24.3 Å². The van der Waals surface area contributed by atoms with Gasteiger partial charge in [-0.2, -0.15) is 4.98 Å². The SMILES string of the molecule is O=C(/C=C/C1=CC(O)C(O)C=C1)Nc1nc(=S)[nH][nH]1. The second-order valence-corrected chi connectivity index (χ2v) is 4.23. The second kappa shape index (κ2) is 5.74. The molecule has 1 aliphatic carbocycles. The van der Waals surface area contributed by atoms with Gasteiger partial charge in [-0.1, -0.05) is 12.2 Å². The number of hydrogen-bond donors (Lipinski definition) is 5. The lowest BCUT2D eigenvalue weighted by atomic mass is 10.0. The molecule has 19 heavy (non-hydrogen) atoms. The van der Waals surface area contributed by atoms with E-state index in [1.54, 1.807) is 6.08 Å². The van der Waals surface area contributed by atoms with Gasteiger partial charge in [0.2, 0.25) is 10.7 Å². The van der Waals surface area contributed by atoms with Gasteiger partial charge in [0.25, 0.3) is 5.91 Å². The van der Waals surface area contributed by atoms with E-state index in [4.69, 9.17) is 12.2 Å². The third-order valence-corrected chi connectivity index (χ3v) is 2.56. The van der Waals surface area contributed by atoms with Crippen LogP contribution in [-0.2, 0) is 4.79 Å². The predicted octanol–water partition coefficient (Wildman–Crippen LogP) is 0.180. The molecule has 0 aromatic carbocycles. The van der Waals surface area contributed by atoms with Crippen molar-refractivity contribution in [1.29, 1.82) is 0 Å². The van der Waals surface area contributed by atoms with E-state index in [-0.39, 0.29) is 10.7 Å². The molecule has 2 atom stereocenters. The van der Waals surface area contributed by atoms with E-state index in [0.29, 0.717) is 5.57 Å². The van der Waals surface area contributed by atoms with Gasteiger partial charge in [-0.25, -0.2) is 0 Å². The number of rotatable bonds is 3. The van der Waals surface area contributed by atoms with E-state index in [1.807, 2.05) is 0 Å². The number of carbonyl (C=O) groups excluding carboxylic acids is 1. The zero-order valence-corrected chi connectivity index (χ0v) is 10.5. The van der Waals surface area contributed by atoms with Gasteiger partial charge >= 0.3 is 0 Å². The number of carbonyl (C=O) groups is 1. The van der Waals surface area contributed by atoms with Gasteiger partial charge in [0.05, 0.1) is 0 Å². The van der Waals surface area contributed by atoms with E-state index in [2.05, 4.69) is 20.5 Å². The van der Waals surface area contributed by atoms with Gasteiger partial charge in [-0.15, -0.1) is 0 Å². The Kier molecular flexibility index (Phi) is 4.05. The topological polar surface area (TPSA) is 114 Å². The van der Waals surface area contributed by atoms with Gasteiger partial charge in [-0.3, -0.25) is 20.3 Å². The second-order valence-electron chi connectivity index (χ2n) is 3.85. The van der Waals surface area contributed by atoms with Crippen LogP contribution in [-0.4, -0.2) is 43.5 Å². The van der Waals surface area contributed by atoms with Crippen LogP contribution in [0.25, 0.3) is 0 Å². The Labute approximate surface area is 113 Å². The molecule has 2 unspecified atom stereocenters. The summed E-state index contributed by atoms with van der Waals surface area (Å²) in [6, 6.07) is 0. The maximum absolute atomic E-state index is 11.5. The minimum Gasteiger partial charge on any atom is -0.386 e. The van der Waals surface area contributed by atoms with Crippen LogP contribution in [0.4, 0.5) is 5.95 Å². The van der Waals surface area contributed by atoms with Crippen LogP contribution in [0.1, 0.15) is 0 Å². The molecule has 0 saturated carbocycles. The van der Waals surface area contributed by atoms with Crippen molar-refractivity contribution in [1.82, 2.24) is 15.2 Å². The number of allylic oxidation sites excluding steroid dienone is 3. The highest BCUT2D eigenvalue weighted by molar-refractivity contribution is 7.71. The average Bonchev–Trinajstić information content (AvgIpc) is 2.76. The normalized spacial score (nSPS) is 22.5. The third kappa shape index (κ3) is 3.71. The molecule has 1 amide bonds. The Bertz CT molecular complexity index is 613. The van der Waals surface area contributed by atoms with E-state index in [0.717, 1.165) is 0 Å². The van der Waals surface area contributed by atoms with Crippen molar-refractivity contribution in [2.24, 2.45) is 0 Å². The summed E-state index contributed by atoms with van der Waals surface area (Å²) >= 11 is 4.74. The van der Waals surface area contributed by atoms with Gasteiger partial charge in [0, 0.05) is 6.08 Å². The quantitative estimate of drug-likeness (QED) is 0.400. The first-order valence-electron chi connectivity index (χ1n) is 5.44. The first-order chi connectivity index (χ1) is 9.04. The van der Waals surface area contributed by atoms with E-state index in [9.17, 15) is 15.0 Å². The zero-order chi connectivity index (χ0) is 13.8. The number of nitrogens with zero attached hydrogens (tertiary/aromatic N) is 1. The first-order valence-corrected chi connectivity index (χ1v) is 5.85. The number of H-pyrrole nitrogens is 2. The van der Waals surface area contributed by atoms with Crippen molar-refractivity contribution in [2.75, 3.05) is 5.32 Å². The number of amides is 1. The van der Waals surface area contributed by atoms with Gasteiger partial charge < -0.3 is 10.2 Å². The van der Waals surface area contributed by atoms with Crippen LogP contribution in [0.5, 0.6) is 0 Å². The number of aromatic amines is 2. The fourth-order valence-corrected chi connectivity index (χ4v) is 1.59. The van der Waals surface area contributed by atoms with Crippen molar-refractivity contribution >= 4 is 24.1 Å². The van der Waals surface area contributed by atoms with Crippen molar-refractivity contribution in [3.8, 4) is 0 Å². The molecular formula is C11H12N4O3S. The summed E-state index contributed by atoms with van der Waals surface area (Å²) in [6.45, 7) is 0. The van der Waals surface area contributed by atoms with Crippen molar-refractivity contribution in [2.45, 2.75) is 12.2 Å². The largest absolute Gasteiger partial charge is 0.386 e. The van der Waals surface area contributed by atoms with E-state index >= 15 is 0 Å². The van der Waals surface area contributed by atoms with Crippen LogP contribution in [0, 0.1) is 4.77 Å². The number of nitrogens with one attached hydrogen (secondary N) is 3. The fraction of sp³-hybridized carbons (Fsp3) is 0.182. The Morgan fingerprint density at radius 2 is 2.21 bits per heavy atom. The Morgan fingerprint density at radius 3 is 2.84 bits per heavy atom. The zero-order valence-electron chi connectivity index (χ0n) is 9.70. The van der Waals surface area contributed by atoms with Gasteiger partial charge in [0.15, 0.2) is 0 Å². The monoisotopic (exact) mass is 280 g/mol. The maximum atomic E-state index is 11.5. The van der Waals surface area contributed by atoms with Crippen LogP contribution >= 0.6 is 12.2 Å². The van der Waals surface area contributed by atoms with Gasteiger partial charge in [-0.05, 0) is 29.9 Å². The number of anilines is 1. The molecule has 1 aliphatic rings. The average molecular weight is 280 g/mol. The summed E-state index contributed by atoms with van der Waals surface area (Å²) < 4.78 is 0.245. The third-order valence-electron chi connectivity index (χ3n) is 2.37. The first kappa shape index (κ1) is 13.4. The minimum atomic E-state index is -0.963. The predicted molar refractivity (Wildman–Crippen MR) is 70.8 cm³/mol. The Hall–Kier alpha value is -2.03. The number of hydrogen-bond acceptors (Lipinski definition) is 5.